The summed E-state index contributed by atoms with van der Waals surface area (Å²) in [5.74, 6) is -14.1. The molecule has 0 saturated carbocycles. The zero-order valence-electron chi connectivity index (χ0n) is 60.7. The van der Waals surface area contributed by atoms with Gasteiger partial charge in [0.2, 0.25) is 47.1 Å². The Kier molecular flexibility index (Phi) is 24.0. The highest BCUT2D eigenvalue weighted by Gasteiger charge is 2.42. The number of carbonyl (C=O) groups excluding carboxylic acids is 8. The van der Waals surface area contributed by atoms with E-state index in [9.17, 15) is 45.3 Å². The highest BCUT2D eigenvalue weighted by atomic mass is 35.5. The summed E-state index contributed by atoms with van der Waals surface area (Å²) < 4.78 is 24.4. The van der Waals surface area contributed by atoms with Crippen molar-refractivity contribution in [3.05, 3.63) is 200 Å². The molecule has 8 aromatic rings. The van der Waals surface area contributed by atoms with Gasteiger partial charge in [0, 0.05) is 36.7 Å². The number of ether oxygens (including phenoxy) is 4. The normalized spacial score (nSPS) is 19.7. The maximum Gasteiger partial charge on any atom is 0.408 e. The van der Waals surface area contributed by atoms with Crippen molar-refractivity contribution in [1.29, 1.82) is 0 Å². The number of hydrogen-bond acceptors (Lipinski definition) is 20. The Morgan fingerprint density at radius 1 is 0.532 bits per heavy atom. The molecule has 8 atom stereocenters. The monoisotopic (exact) mass is 1560 g/mol. The number of nitrogens with one attached hydrogen (secondary N) is 9. The number of phenols is 6. The SMILES string of the molecule is CCCCCCCCCCNCc1c(O)cc2c(c1O)-c1cc(ccc1O)[C@@H]1NC(=O)[C@H]3NC(=O)[C@H]4NC(=O)[C@H](Cc5ccc(c(Cl)c5)Oc5cc3cc(c5O)Oc3ccc(cc3Cl)C(O)[C@H](NC1=O)C(=O)N[C@@H]2C(=O)NCc1ccccc1)NC(=O)[C@H](NC(=O)OC(C)(C)C)c1ccc(O)c(c1)Oc1cc(O)cc4c1. The molecule has 14 rings (SSSR count). The van der Waals surface area contributed by atoms with Crippen LogP contribution < -0.4 is 62.1 Å². The van der Waals surface area contributed by atoms with Crippen molar-refractivity contribution in [3.8, 4) is 80.1 Å². The first kappa shape index (κ1) is 78.6. The van der Waals surface area contributed by atoms with Gasteiger partial charge in [0.1, 0.15) is 94.2 Å². The molecule has 0 aromatic heterocycles. The number of aromatic hydroxyl groups is 6. The number of benzene rings is 8. The molecule has 111 heavy (non-hydrogen) atoms. The van der Waals surface area contributed by atoms with Crippen LogP contribution in [0.4, 0.5) is 4.79 Å². The number of rotatable bonds is 15. The number of hydrogen-bond donors (Lipinski definition) is 16. The molecule has 28 nitrogen and oxygen atoms in total. The van der Waals surface area contributed by atoms with Crippen molar-refractivity contribution >= 4 is 70.6 Å². The predicted octanol–water partition coefficient (Wildman–Crippen LogP) is 11.0. The minimum atomic E-state index is -2.22. The first-order valence-corrected chi connectivity index (χ1v) is 36.9. The average Bonchev–Trinajstić information content (AvgIpc) is 0.747. The van der Waals surface area contributed by atoms with Crippen LogP contribution in [0.25, 0.3) is 11.1 Å². The number of carbonyl (C=O) groups is 8. The minimum Gasteiger partial charge on any atom is -0.508 e. The molecule has 8 aromatic carbocycles. The van der Waals surface area contributed by atoms with Gasteiger partial charge < -0.3 is 103 Å². The average molecular weight is 1560 g/mol. The van der Waals surface area contributed by atoms with Gasteiger partial charge >= 0.3 is 6.09 Å². The topological polar surface area (TPSA) is 423 Å². The van der Waals surface area contributed by atoms with E-state index >= 15 is 28.8 Å². The number of fused-ring (bicyclic) bond motifs is 14. The quantitative estimate of drug-likeness (QED) is 0.0424. The summed E-state index contributed by atoms with van der Waals surface area (Å²) in [5, 5.41) is 109. The third-order valence-corrected chi connectivity index (χ3v) is 19.8. The number of phenolic OH excluding ortho intramolecular Hbond substituents is 6. The number of aliphatic hydroxyl groups excluding tert-OH is 1. The van der Waals surface area contributed by atoms with Crippen molar-refractivity contribution in [2.24, 2.45) is 0 Å². The van der Waals surface area contributed by atoms with Crippen LogP contribution in [0, 0.1) is 0 Å². The first-order chi connectivity index (χ1) is 53.1. The van der Waals surface area contributed by atoms with Gasteiger partial charge in [-0.3, -0.25) is 33.6 Å². The van der Waals surface area contributed by atoms with Gasteiger partial charge in [-0.2, -0.15) is 0 Å². The molecule has 0 saturated heterocycles. The standard InChI is InChI=1S/C81H83Cl2N9O19/c1-5-6-7-8-9-10-11-15-26-84-39-51-57(96)37-50-63(71(51)98)49-31-42(19-22-55(49)94)64-76(103)91-69(79(106)90-68(50)74(101)85-38-40-16-13-12-14-17-40)70(97)44-21-25-59(53(83)32-44)110-62-35-46-34-61(72(62)99)109-58-24-18-41(27-52(58)82)28-54-73(100)87-66(77(104)89-67(46)78(105)88-64)45-29-47(93)36-48(30-45)108-60-33-43(20-23-56(60)95)65(75(102)86-54)92-80(107)111-81(2,3)4/h12-14,16-25,27,29-37,54,64-70,84,93-99H,5-11,15,26,28,38-39H2,1-4H3,(H,85,101)(H,86,102)(H,87,100)(H,88,105)(H,89,104)(H,90,106)(H,91,103)(H,92,107)/t54-,64-,65+,66-,67-,68-,69-,70?/m0/s1. The molecule has 6 heterocycles. The lowest BCUT2D eigenvalue weighted by Crippen LogP contribution is -2.56. The second-order valence-electron chi connectivity index (χ2n) is 28.5. The molecule has 6 aliphatic heterocycles. The highest BCUT2D eigenvalue weighted by Crippen LogP contribution is 2.49. The Morgan fingerprint density at radius 2 is 1.14 bits per heavy atom. The highest BCUT2D eigenvalue weighted by molar-refractivity contribution is 6.32. The number of unbranched alkanes of at least 4 members (excludes halogenated alkanes) is 7. The summed E-state index contributed by atoms with van der Waals surface area (Å²) in [6.45, 7) is 7.04. The van der Waals surface area contributed by atoms with Crippen molar-refractivity contribution in [1.82, 2.24) is 47.9 Å². The van der Waals surface area contributed by atoms with Crippen LogP contribution in [-0.4, -0.2) is 107 Å². The molecule has 1 unspecified atom stereocenters. The molecule has 0 spiro atoms. The van der Waals surface area contributed by atoms with Crippen molar-refractivity contribution in [2.45, 2.75) is 153 Å². The summed E-state index contributed by atoms with van der Waals surface area (Å²) in [7, 11) is 0. The Hall–Kier alpha value is -12.0. The fraction of sp³-hybridized carbons (Fsp3) is 0.309. The minimum absolute atomic E-state index is 0.00306. The lowest BCUT2D eigenvalue weighted by molar-refractivity contribution is -0.137. The molecule has 8 amide bonds. The summed E-state index contributed by atoms with van der Waals surface area (Å²) in [5.41, 5.74) is -2.32. The molecule has 17 bridgehead atoms. The first-order valence-electron chi connectivity index (χ1n) is 36.2. The van der Waals surface area contributed by atoms with E-state index in [0.717, 1.165) is 93.8 Å². The summed E-state index contributed by atoms with van der Waals surface area (Å²) in [6, 6.07) is 16.4. The maximum atomic E-state index is 16.3. The second kappa shape index (κ2) is 33.9. The summed E-state index contributed by atoms with van der Waals surface area (Å²) in [4.78, 5) is 123. The van der Waals surface area contributed by atoms with Crippen LogP contribution in [-0.2, 0) is 57.8 Å². The van der Waals surface area contributed by atoms with Gasteiger partial charge in [-0.1, -0.05) is 130 Å². The Labute approximate surface area is 647 Å². The third kappa shape index (κ3) is 18.3. The number of alkyl carbamates (subject to hydrolysis) is 1. The Morgan fingerprint density at radius 3 is 1.81 bits per heavy atom. The lowest BCUT2D eigenvalue weighted by atomic mass is 9.87. The zero-order valence-corrected chi connectivity index (χ0v) is 62.2. The van der Waals surface area contributed by atoms with Crippen LogP contribution in [0.5, 0.6) is 69.0 Å². The maximum absolute atomic E-state index is 16.3. The molecule has 6 aliphatic rings. The van der Waals surface area contributed by atoms with E-state index in [1.165, 1.54) is 66.7 Å². The molecule has 16 N–H and O–H groups in total. The molecule has 0 fully saturated rings. The van der Waals surface area contributed by atoms with E-state index in [-0.39, 0.29) is 102 Å². The molecule has 580 valence electrons. The van der Waals surface area contributed by atoms with Crippen molar-refractivity contribution in [2.75, 3.05) is 6.54 Å². The smallest absolute Gasteiger partial charge is 0.408 e. The van der Waals surface area contributed by atoms with E-state index in [4.69, 9.17) is 42.1 Å². The van der Waals surface area contributed by atoms with E-state index < -0.39 is 154 Å². The van der Waals surface area contributed by atoms with Gasteiger partial charge in [-0.05, 0) is 157 Å². The fourth-order valence-corrected chi connectivity index (χ4v) is 14.0. The van der Waals surface area contributed by atoms with Crippen LogP contribution in [0.15, 0.2) is 140 Å². The molecule has 0 aliphatic carbocycles. The van der Waals surface area contributed by atoms with E-state index in [2.05, 4.69) is 54.8 Å². The zero-order chi connectivity index (χ0) is 79.1. The molecular weight excluding hydrogens is 1470 g/mol. The largest absolute Gasteiger partial charge is 0.508 e. The van der Waals surface area contributed by atoms with Gasteiger partial charge in [-0.15, -0.1) is 0 Å². The molecule has 30 heteroatoms. The van der Waals surface area contributed by atoms with Crippen LogP contribution in [0.3, 0.4) is 0 Å². The number of amides is 8. The van der Waals surface area contributed by atoms with E-state index in [0.29, 0.717) is 12.1 Å². The van der Waals surface area contributed by atoms with Crippen LogP contribution in [0.1, 0.15) is 165 Å². The third-order valence-electron chi connectivity index (χ3n) is 19.2. The van der Waals surface area contributed by atoms with Crippen molar-refractivity contribution < 1.29 is 93.0 Å². The van der Waals surface area contributed by atoms with Crippen LogP contribution in [0.2, 0.25) is 10.0 Å². The van der Waals surface area contributed by atoms with Crippen LogP contribution >= 0.6 is 23.2 Å². The van der Waals surface area contributed by atoms with E-state index in [1.54, 1.807) is 51.1 Å². The molecular formula is C81H83Cl2N9O19. The van der Waals surface area contributed by atoms with Gasteiger partial charge in [0.05, 0.1) is 15.6 Å². The van der Waals surface area contributed by atoms with Gasteiger partial charge in [0.25, 0.3) is 0 Å². The fourth-order valence-electron chi connectivity index (χ4n) is 13.5. The van der Waals surface area contributed by atoms with E-state index in [1.807, 2.05) is 0 Å². The number of halogens is 2. The number of aliphatic hydroxyl groups is 1. The van der Waals surface area contributed by atoms with Gasteiger partial charge in [-0.25, -0.2) is 4.79 Å². The second-order valence-corrected chi connectivity index (χ2v) is 29.3. The summed E-state index contributed by atoms with van der Waals surface area (Å²) in [6.07, 6.45) is 4.56. The van der Waals surface area contributed by atoms with Gasteiger partial charge in [0.15, 0.2) is 23.0 Å². The predicted molar refractivity (Wildman–Crippen MR) is 405 cm³/mol. The Balaban J connectivity index is 1.03. The summed E-state index contributed by atoms with van der Waals surface area (Å²) >= 11 is 14.0. The van der Waals surface area contributed by atoms with Crippen molar-refractivity contribution in [3.63, 3.8) is 0 Å². The Bertz CT molecular complexity index is 4940. The lowest BCUT2D eigenvalue weighted by Gasteiger charge is -2.32. The molecule has 0 radical (unpaired) electrons.